The maximum absolute atomic E-state index is 11.4. The lowest BCUT2D eigenvalue weighted by atomic mass is 10.3. The van der Waals surface area contributed by atoms with Gasteiger partial charge in [-0.3, -0.25) is 4.79 Å². The summed E-state index contributed by atoms with van der Waals surface area (Å²) in [5, 5.41) is 20.0. The van der Waals surface area contributed by atoms with Crippen molar-refractivity contribution in [3.63, 3.8) is 0 Å². The maximum Gasteiger partial charge on any atom is 0.328 e. The maximum atomic E-state index is 11.4. The molecule has 1 rings (SSSR count). The van der Waals surface area contributed by atoms with Crippen LogP contribution in [0.15, 0.2) is 22.7 Å². The highest BCUT2D eigenvalue weighted by atomic mass is 79.9. The Hall–Kier alpha value is -1.31. The van der Waals surface area contributed by atoms with E-state index in [9.17, 15) is 9.59 Å². The van der Waals surface area contributed by atoms with Gasteiger partial charge in [-0.15, -0.1) is 0 Å². The third-order valence-electron chi connectivity index (χ3n) is 2.07. The fraction of sp³-hybridized carbons (Fsp3) is 0.273. The van der Waals surface area contributed by atoms with E-state index < -0.39 is 24.5 Å². The van der Waals surface area contributed by atoms with Crippen LogP contribution in [0.5, 0.6) is 5.75 Å². The third kappa shape index (κ3) is 5.06. The van der Waals surface area contributed by atoms with Gasteiger partial charge in [-0.1, -0.05) is 11.6 Å². The molecule has 6 nitrogen and oxygen atoms in total. The standard InChI is InChI=1S/C11H11BrClNO5/c12-7-3-6(13)1-2-9(7)19-5-10(16)14-8(4-15)11(17)18/h1-3,8,15H,4-5H2,(H,14,16)(H,17,18)/t8-/m1/s1. The van der Waals surface area contributed by atoms with Gasteiger partial charge in [-0.25, -0.2) is 4.79 Å². The summed E-state index contributed by atoms with van der Waals surface area (Å²) in [4.78, 5) is 22.0. The average Bonchev–Trinajstić information content (AvgIpc) is 2.34. The Balaban J connectivity index is 2.52. The quantitative estimate of drug-likeness (QED) is 0.711. The first kappa shape index (κ1) is 15.7. The Morgan fingerprint density at radius 2 is 2.16 bits per heavy atom. The molecule has 0 radical (unpaired) electrons. The molecular weight excluding hydrogens is 341 g/mol. The molecule has 0 saturated heterocycles. The van der Waals surface area contributed by atoms with Gasteiger partial charge in [0, 0.05) is 5.02 Å². The van der Waals surface area contributed by atoms with Crippen molar-refractivity contribution < 1.29 is 24.5 Å². The van der Waals surface area contributed by atoms with Crippen LogP contribution in [-0.2, 0) is 9.59 Å². The van der Waals surface area contributed by atoms with Gasteiger partial charge in [0.25, 0.3) is 5.91 Å². The van der Waals surface area contributed by atoms with Gasteiger partial charge >= 0.3 is 5.97 Å². The minimum atomic E-state index is -1.34. The second kappa shape index (κ2) is 7.32. The van der Waals surface area contributed by atoms with Crippen molar-refractivity contribution in [1.82, 2.24) is 5.32 Å². The minimum absolute atomic E-state index is 0.371. The number of aliphatic hydroxyl groups excluding tert-OH is 1. The summed E-state index contributed by atoms with van der Waals surface area (Å²) in [7, 11) is 0. The van der Waals surface area contributed by atoms with Gasteiger partial charge in [-0.05, 0) is 34.1 Å². The van der Waals surface area contributed by atoms with Crippen LogP contribution >= 0.6 is 27.5 Å². The highest BCUT2D eigenvalue weighted by Gasteiger charge is 2.18. The summed E-state index contributed by atoms with van der Waals surface area (Å²) < 4.78 is 5.76. The molecule has 1 atom stereocenters. The Morgan fingerprint density at radius 3 is 2.68 bits per heavy atom. The first-order valence-corrected chi connectivity index (χ1v) is 6.32. The van der Waals surface area contributed by atoms with E-state index >= 15 is 0 Å². The molecule has 0 aliphatic rings. The number of carboxylic acids is 1. The van der Waals surface area contributed by atoms with Crippen molar-refractivity contribution in [1.29, 1.82) is 0 Å². The molecule has 8 heteroatoms. The minimum Gasteiger partial charge on any atom is -0.483 e. The average molecular weight is 353 g/mol. The van der Waals surface area contributed by atoms with Crippen molar-refractivity contribution in [2.75, 3.05) is 13.2 Å². The lowest BCUT2D eigenvalue weighted by Gasteiger charge is -2.12. The fourth-order valence-electron chi connectivity index (χ4n) is 1.16. The van der Waals surface area contributed by atoms with Crippen molar-refractivity contribution in [3.05, 3.63) is 27.7 Å². The smallest absolute Gasteiger partial charge is 0.328 e. The van der Waals surface area contributed by atoms with E-state index in [1.54, 1.807) is 18.2 Å². The number of carbonyl (C=O) groups excluding carboxylic acids is 1. The summed E-state index contributed by atoms with van der Waals surface area (Å²) in [6.07, 6.45) is 0. The molecule has 1 aromatic rings. The number of halogens is 2. The van der Waals surface area contributed by atoms with E-state index in [2.05, 4.69) is 21.2 Å². The molecule has 0 spiro atoms. The Morgan fingerprint density at radius 1 is 1.47 bits per heavy atom. The lowest BCUT2D eigenvalue weighted by Crippen LogP contribution is -2.45. The van der Waals surface area contributed by atoms with Crippen molar-refractivity contribution in [2.24, 2.45) is 0 Å². The van der Waals surface area contributed by atoms with Gasteiger partial charge in [0.2, 0.25) is 0 Å². The van der Waals surface area contributed by atoms with Gasteiger partial charge in [0.1, 0.15) is 11.8 Å². The van der Waals surface area contributed by atoms with E-state index in [1.165, 1.54) is 0 Å². The number of aliphatic carboxylic acids is 1. The van der Waals surface area contributed by atoms with Crippen LogP contribution in [0.4, 0.5) is 0 Å². The van der Waals surface area contributed by atoms with Crippen LogP contribution in [-0.4, -0.2) is 41.3 Å². The van der Waals surface area contributed by atoms with Crippen LogP contribution in [0.2, 0.25) is 5.02 Å². The van der Waals surface area contributed by atoms with E-state index in [0.29, 0.717) is 15.2 Å². The van der Waals surface area contributed by atoms with Crippen LogP contribution in [0.3, 0.4) is 0 Å². The SMILES string of the molecule is O=C(COc1ccc(Cl)cc1Br)N[C@H](CO)C(=O)O. The third-order valence-corrected chi connectivity index (χ3v) is 2.92. The number of amides is 1. The number of ether oxygens (including phenoxy) is 1. The normalized spacial score (nSPS) is 11.7. The molecule has 19 heavy (non-hydrogen) atoms. The first-order chi connectivity index (χ1) is 8.93. The molecule has 0 fully saturated rings. The number of nitrogens with one attached hydrogen (secondary N) is 1. The molecule has 0 aliphatic carbocycles. The molecule has 104 valence electrons. The van der Waals surface area contributed by atoms with Gasteiger partial charge in [0.05, 0.1) is 11.1 Å². The summed E-state index contributed by atoms with van der Waals surface area (Å²) >= 11 is 8.95. The first-order valence-electron chi connectivity index (χ1n) is 5.15. The van der Waals surface area contributed by atoms with E-state index in [0.717, 1.165) is 0 Å². The topological polar surface area (TPSA) is 95.9 Å². The molecule has 0 aliphatic heterocycles. The Bertz CT molecular complexity index is 482. The zero-order valence-electron chi connectivity index (χ0n) is 9.60. The zero-order valence-corrected chi connectivity index (χ0v) is 11.9. The van der Waals surface area contributed by atoms with Gasteiger partial charge in [0.15, 0.2) is 6.61 Å². The number of benzene rings is 1. The van der Waals surface area contributed by atoms with E-state index in [4.69, 9.17) is 26.6 Å². The number of hydrogen-bond acceptors (Lipinski definition) is 4. The van der Waals surface area contributed by atoms with Crippen molar-refractivity contribution in [2.45, 2.75) is 6.04 Å². The van der Waals surface area contributed by atoms with Crippen LogP contribution in [0.1, 0.15) is 0 Å². The number of aliphatic hydroxyl groups is 1. The largest absolute Gasteiger partial charge is 0.483 e. The van der Waals surface area contributed by atoms with Crippen molar-refractivity contribution >= 4 is 39.4 Å². The monoisotopic (exact) mass is 351 g/mol. The Labute approximate surface area is 122 Å². The fourth-order valence-corrected chi connectivity index (χ4v) is 1.95. The summed E-state index contributed by atoms with van der Waals surface area (Å²) in [6, 6.07) is 3.42. The van der Waals surface area contributed by atoms with Crippen LogP contribution in [0.25, 0.3) is 0 Å². The summed E-state index contributed by atoms with van der Waals surface area (Å²) in [6.45, 7) is -1.06. The summed E-state index contributed by atoms with van der Waals surface area (Å²) in [5.41, 5.74) is 0. The molecule has 3 N–H and O–H groups in total. The Kier molecular flexibility index (Phi) is 6.07. The lowest BCUT2D eigenvalue weighted by molar-refractivity contribution is -0.143. The molecule has 1 amide bonds. The predicted molar refractivity (Wildman–Crippen MR) is 71.3 cm³/mol. The van der Waals surface area contributed by atoms with Crippen molar-refractivity contribution in [3.8, 4) is 5.75 Å². The van der Waals surface area contributed by atoms with E-state index in [-0.39, 0.29) is 6.61 Å². The zero-order chi connectivity index (χ0) is 14.4. The molecule has 0 saturated carbocycles. The molecule has 0 heterocycles. The second-order valence-corrected chi connectivity index (χ2v) is 4.80. The molecule has 1 aromatic carbocycles. The highest BCUT2D eigenvalue weighted by Crippen LogP contribution is 2.27. The van der Waals surface area contributed by atoms with E-state index in [1.807, 2.05) is 0 Å². The van der Waals surface area contributed by atoms with Gasteiger partial charge < -0.3 is 20.3 Å². The number of carbonyl (C=O) groups is 2. The molecule has 0 bridgehead atoms. The van der Waals surface area contributed by atoms with Crippen LogP contribution < -0.4 is 10.1 Å². The van der Waals surface area contributed by atoms with Crippen LogP contribution in [0, 0.1) is 0 Å². The second-order valence-electron chi connectivity index (χ2n) is 3.50. The molecule has 0 unspecified atom stereocenters. The van der Waals surface area contributed by atoms with Gasteiger partial charge in [-0.2, -0.15) is 0 Å². The number of hydrogen-bond donors (Lipinski definition) is 3. The number of rotatable bonds is 6. The highest BCUT2D eigenvalue weighted by molar-refractivity contribution is 9.10. The molecule has 0 aromatic heterocycles. The summed E-state index contributed by atoms with van der Waals surface area (Å²) in [5.74, 6) is -1.57. The predicted octanol–water partition coefficient (Wildman–Crippen LogP) is 1.04. The molecular formula is C11H11BrClNO5. The number of carboxylic acid groups (broad SMARTS) is 1.